The SMILES string of the molecule is O=C(Oc1ccc(Cl)cc1)C1CC(=O)N(c2ccccc2Cl)C1. The molecule has 1 aliphatic rings. The van der Waals surface area contributed by atoms with Gasteiger partial charge in [0.15, 0.2) is 0 Å². The number of benzene rings is 2. The summed E-state index contributed by atoms with van der Waals surface area (Å²) in [6.45, 7) is 0.259. The van der Waals surface area contributed by atoms with Crippen molar-refractivity contribution in [3.05, 3.63) is 58.6 Å². The second kappa shape index (κ2) is 6.60. The van der Waals surface area contributed by atoms with Crippen molar-refractivity contribution >= 4 is 40.8 Å². The molecule has 0 bridgehead atoms. The average molecular weight is 350 g/mol. The molecular weight excluding hydrogens is 337 g/mol. The van der Waals surface area contributed by atoms with E-state index in [4.69, 9.17) is 27.9 Å². The molecule has 1 heterocycles. The van der Waals surface area contributed by atoms with Crippen molar-refractivity contribution in [3.8, 4) is 5.75 Å². The Morgan fingerprint density at radius 2 is 1.78 bits per heavy atom. The molecule has 118 valence electrons. The van der Waals surface area contributed by atoms with E-state index in [1.165, 1.54) is 4.90 Å². The number of esters is 1. The van der Waals surface area contributed by atoms with Gasteiger partial charge in [-0.3, -0.25) is 9.59 Å². The van der Waals surface area contributed by atoms with Crippen LogP contribution in [0.3, 0.4) is 0 Å². The van der Waals surface area contributed by atoms with E-state index < -0.39 is 11.9 Å². The Morgan fingerprint density at radius 1 is 1.09 bits per heavy atom. The van der Waals surface area contributed by atoms with Crippen LogP contribution in [-0.2, 0) is 9.59 Å². The van der Waals surface area contributed by atoms with Gasteiger partial charge < -0.3 is 9.64 Å². The van der Waals surface area contributed by atoms with Gasteiger partial charge in [0.2, 0.25) is 5.91 Å². The van der Waals surface area contributed by atoms with Gasteiger partial charge in [-0.1, -0.05) is 35.3 Å². The Hall–Kier alpha value is -2.04. The summed E-state index contributed by atoms with van der Waals surface area (Å²) in [7, 11) is 0. The maximum atomic E-state index is 12.2. The topological polar surface area (TPSA) is 46.6 Å². The van der Waals surface area contributed by atoms with Gasteiger partial charge in [0.05, 0.1) is 16.6 Å². The first-order chi connectivity index (χ1) is 11.0. The summed E-state index contributed by atoms with van der Waals surface area (Å²) >= 11 is 11.9. The van der Waals surface area contributed by atoms with Crippen LogP contribution in [0.1, 0.15) is 6.42 Å². The number of hydrogen-bond acceptors (Lipinski definition) is 3. The standard InChI is InChI=1S/C17H13Cl2NO3/c18-12-5-7-13(8-6-12)23-17(22)11-9-16(21)20(10-11)15-4-2-1-3-14(15)19/h1-8,11H,9-10H2. The van der Waals surface area contributed by atoms with E-state index in [-0.39, 0.29) is 18.9 Å². The van der Waals surface area contributed by atoms with Crippen molar-refractivity contribution in [1.82, 2.24) is 0 Å². The van der Waals surface area contributed by atoms with Crippen LogP contribution >= 0.6 is 23.2 Å². The maximum absolute atomic E-state index is 12.2. The zero-order valence-electron chi connectivity index (χ0n) is 12.0. The summed E-state index contributed by atoms with van der Waals surface area (Å²) in [4.78, 5) is 25.9. The molecule has 0 aromatic heterocycles. The molecule has 0 saturated carbocycles. The zero-order valence-corrected chi connectivity index (χ0v) is 13.6. The monoisotopic (exact) mass is 349 g/mol. The summed E-state index contributed by atoms with van der Waals surface area (Å²) in [5, 5.41) is 1.04. The molecule has 2 aromatic rings. The van der Waals surface area contributed by atoms with Gasteiger partial charge in [0, 0.05) is 18.0 Å². The molecule has 0 radical (unpaired) electrons. The molecule has 0 N–H and O–H groups in total. The summed E-state index contributed by atoms with van der Waals surface area (Å²) in [5.41, 5.74) is 0.612. The molecule has 6 heteroatoms. The molecule has 23 heavy (non-hydrogen) atoms. The largest absolute Gasteiger partial charge is 0.426 e. The summed E-state index contributed by atoms with van der Waals surface area (Å²) in [6, 6.07) is 13.6. The third-order valence-corrected chi connectivity index (χ3v) is 4.21. The predicted octanol–water partition coefficient (Wildman–Crippen LogP) is 3.95. The Kier molecular flexibility index (Phi) is 4.55. The lowest BCUT2D eigenvalue weighted by Crippen LogP contribution is -2.27. The molecule has 1 unspecified atom stereocenters. The second-order valence-electron chi connectivity index (χ2n) is 5.23. The molecule has 2 aromatic carbocycles. The van der Waals surface area contributed by atoms with Crippen LogP contribution in [0, 0.1) is 5.92 Å². The van der Waals surface area contributed by atoms with Crippen molar-refractivity contribution in [2.45, 2.75) is 6.42 Å². The van der Waals surface area contributed by atoms with Gasteiger partial charge >= 0.3 is 5.97 Å². The van der Waals surface area contributed by atoms with E-state index in [2.05, 4.69) is 0 Å². The van der Waals surface area contributed by atoms with E-state index in [0.717, 1.165) is 0 Å². The zero-order chi connectivity index (χ0) is 16.4. The van der Waals surface area contributed by atoms with Gasteiger partial charge in [0.1, 0.15) is 5.75 Å². The quantitative estimate of drug-likeness (QED) is 0.622. The minimum Gasteiger partial charge on any atom is -0.426 e. The molecule has 0 aliphatic carbocycles. The van der Waals surface area contributed by atoms with Crippen molar-refractivity contribution in [2.24, 2.45) is 5.92 Å². The summed E-state index contributed by atoms with van der Waals surface area (Å²) in [6.07, 6.45) is 0.109. The third kappa shape index (κ3) is 3.49. The lowest BCUT2D eigenvalue weighted by molar-refractivity contribution is -0.139. The first kappa shape index (κ1) is 15.8. The number of anilines is 1. The predicted molar refractivity (Wildman–Crippen MR) is 89.0 cm³/mol. The van der Waals surface area contributed by atoms with Crippen molar-refractivity contribution < 1.29 is 14.3 Å². The van der Waals surface area contributed by atoms with E-state index >= 15 is 0 Å². The molecule has 4 nitrogen and oxygen atoms in total. The van der Waals surface area contributed by atoms with Crippen molar-refractivity contribution in [2.75, 3.05) is 11.4 Å². The highest BCUT2D eigenvalue weighted by atomic mass is 35.5. The van der Waals surface area contributed by atoms with Gasteiger partial charge in [0.25, 0.3) is 0 Å². The minimum atomic E-state index is -0.519. The lowest BCUT2D eigenvalue weighted by Gasteiger charge is -2.17. The van der Waals surface area contributed by atoms with Crippen LogP contribution in [-0.4, -0.2) is 18.4 Å². The second-order valence-corrected chi connectivity index (χ2v) is 6.08. The van der Waals surface area contributed by atoms with E-state index in [1.807, 2.05) is 0 Å². The van der Waals surface area contributed by atoms with Crippen LogP contribution in [0.5, 0.6) is 5.75 Å². The molecule has 1 fully saturated rings. The highest BCUT2D eigenvalue weighted by molar-refractivity contribution is 6.34. The molecule has 1 atom stereocenters. The average Bonchev–Trinajstić information content (AvgIpc) is 2.92. The number of hydrogen-bond donors (Lipinski definition) is 0. The number of rotatable bonds is 3. The minimum absolute atomic E-state index is 0.109. The Bertz CT molecular complexity index is 746. The van der Waals surface area contributed by atoms with Gasteiger partial charge in [-0.2, -0.15) is 0 Å². The number of nitrogens with zero attached hydrogens (tertiary/aromatic N) is 1. The maximum Gasteiger partial charge on any atom is 0.316 e. The van der Waals surface area contributed by atoms with Crippen molar-refractivity contribution in [1.29, 1.82) is 0 Å². The van der Waals surface area contributed by atoms with Gasteiger partial charge in [-0.15, -0.1) is 0 Å². The van der Waals surface area contributed by atoms with Crippen LogP contribution in [0.2, 0.25) is 10.0 Å². The third-order valence-electron chi connectivity index (χ3n) is 3.63. The van der Waals surface area contributed by atoms with Gasteiger partial charge in [-0.05, 0) is 36.4 Å². The number of carbonyl (C=O) groups excluding carboxylic acids is 2. The van der Waals surface area contributed by atoms with Crippen LogP contribution in [0.15, 0.2) is 48.5 Å². The smallest absolute Gasteiger partial charge is 0.316 e. The first-order valence-electron chi connectivity index (χ1n) is 7.07. The van der Waals surface area contributed by atoms with Crippen LogP contribution < -0.4 is 9.64 Å². The van der Waals surface area contributed by atoms with Gasteiger partial charge in [-0.25, -0.2) is 0 Å². The van der Waals surface area contributed by atoms with Crippen LogP contribution in [0.25, 0.3) is 0 Å². The summed E-state index contributed by atoms with van der Waals surface area (Å²) in [5.74, 6) is -0.691. The lowest BCUT2D eigenvalue weighted by atomic mass is 10.1. The Labute approximate surface area is 143 Å². The molecular formula is C17H13Cl2NO3. The molecule has 1 saturated heterocycles. The highest BCUT2D eigenvalue weighted by Gasteiger charge is 2.37. The number of para-hydroxylation sites is 1. The number of carbonyl (C=O) groups is 2. The highest BCUT2D eigenvalue weighted by Crippen LogP contribution is 2.31. The fraction of sp³-hybridized carbons (Fsp3) is 0.176. The number of amides is 1. The Morgan fingerprint density at radius 3 is 2.48 bits per heavy atom. The van der Waals surface area contributed by atoms with E-state index in [9.17, 15) is 9.59 Å². The first-order valence-corrected chi connectivity index (χ1v) is 7.82. The fourth-order valence-corrected chi connectivity index (χ4v) is 2.83. The molecule has 1 amide bonds. The molecule has 1 aliphatic heterocycles. The number of ether oxygens (including phenoxy) is 1. The fourth-order valence-electron chi connectivity index (χ4n) is 2.47. The summed E-state index contributed by atoms with van der Waals surface area (Å²) < 4.78 is 5.31. The normalized spacial score (nSPS) is 17.4. The molecule has 0 spiro atoms. The van der Waals surface area contributed by atoms with E-state index in [0.29, 0.717) is 21.5 Å². The molecule has 3 rings (SSSR count). The van der Waals surface area contributed by atoms with E-state index in [1.54, 1.807) is 48.5 Å². The van der Waals surface area contributed by atoms with Crippen molar-refractivity contribution in [3.63, 3.8) is 0 Å². The van der Waals surface area contributed by atoms with Crippen LogP contribution in [0.4, 0.5) is 5.69 Å². The number of halogens is 2. The Balaban J connectivity index is 1.71.